The zero-order valence-electron chi connectivity index (χ0n) is 11.7. The Balaban J connectivity index is 1.45. The number of carbonyl (C=O) groups is 1. The second-order valence-electron chi connectivity index (χ2n) is 6.81. The van der Waals surface area contributed by atoms with Crippen LogP contribution < -0.4 is 5.32 Å². The Labute approximate surface area is 119 Å². The number of hydrogen-bond donors (Lipinski definition) is 2. The molecular formula is C17H21NO2. The third-order valence-corrected chi connectivity index (χ3v) is 5.64. The maximum atomic E-state index is 12.6. The van der Waals surface area contributed by atoms with E-state index in [1.54, 1.807) is 0 Å². The average Bonchev–Trinajstić information content (AvgIpc) is 3.12. The molecule has 20 heavy (non-hydrogen) atoms. The Bertz CT molecular complexity index is 533. The summed E-state index contributed by atoms with van der Waals surface area (Å²) in [5, 5.41) is 13.8. The fourth-order valence-electron chi connectivity index (χ4n) is 4.00. The van der Waals surface area contributed by atoms with Gasteiger partial charge in [-0.2, -0.15) is 0 Å². The quantitative estimate of drug-likeness (QED) is 0.883. The van der Waals surface area contributed by atoms with Gasteiger partial charge in [0.1, 0.15) is 0 Å². The van der Waals surface area contributed by atoms with Gasteiger partial charge >= 0.3 is 0 Å². The number of fused-ring (bicyclic) bond motifs is 1. The van der Waals surface area contributed by atoms with Crippen molar-refractivity contribution in [3.8, 4) is 0 Å². The minimum absolute atomic E-state index is 0.0949. The van der Waals surface area contributed by atoms with Crippen molar-refractivity contribution in [1.29, 1.82) is 0 Å². The van der Waals surface area contributed by atoms with E-state index >= 15 is 0 Å². The van der Waals surface area contributed by atoms with E-state index in [-0.39, 0.29) is 11.9 Å². The second-order valence-corrected chi connectivity index (χ2v) is 6.81. The Kier molecular flexibility index (Phi) is 2.53. The van der Waals surface area contributed by atoms with Gasteiger partial charge in [0, 0.05) is 6.04 Å². The zero-order valence-corrected chi connectivity index (χ0v) is 11.7. The molecule has 0 unspecified atom stereocenters. The van der Waals surface area contributed by atoms with Crippen LogP contribution in [0, 0.1) is 5.41 Å². The van der Waals surface area contributed by atoms with Crippen molar-refractivity contribution >= 4 is 5.91 Å². The summed E-state index contributed by atoms with van der Waals surface area (Å²) in [6.45, 7) is 0. The molecule has 3 heteroatoms. The minimum Gasteiger partial charge on any atom is -0.389 e. The number of carbonyl (C=O) groups excluding carboxylic acids is 1. The van der Waals surface area contributed by atoms with Crippen molar-refractivity contribution in [2.24, 2.45) is 5.41 Å². The fourth-order valence-corrected chi connectivity index (χ4v) is 4.00. The third-order valence-electron chi connectivity index (χ3n) is 5.64. The first kappa shape index (κ1) is 12.4. The highest BCUT2D eigenvalue weighted by Gasteiger charge is 2.65. The van der Waals surface area contributed by atoms with Crippen LogP contribution in [0.4, 0.5) is 0 Å². The van der Waals surface area contributed by atoms with Gasteiger partial charge < -0.3 is 10.4 Å². The van der Waals surface area contributed by atoms with Gasteiger partial charge in [0.2, 0.25) is 5.91 Å². The fraction of sp³-hybridized carbons (Fsp3) is 0.588. The summed E-state index contributed by atoms with van der Waals surface area (Å²) in [6.07, 6.45) is 6.22. The predicted molar refractivity (Wildman–Crippen MR) is 76.2 cm³/mol. The van der Waals surface area contributed by atoms with Crippen LogP contribution in [0.1, 0.15) is 43.2 Å². The number of aliphatic hydroxyl groups is 1. The number of benzene rings is 1. The van der Waals surface area contributed by atoms with E-state index in [2.05, 4.69) is 29.6 Å². The summed E-state index contributed by atoms with van der Waals surface area (Å²) in [4.78, 5) is 12.6. The van der Waals surface area contributed by atoms with E-state index in [4.69, 9.17) is 0 Å². The third kappa shape index (κ3) is 1.65. The molecule has 0 saturated heterocycles. The first-order valence-corrected chi connectivity index (χ1v) is 7.73. The van der Waals surface area contributed by atoms with Crippen molar-refractivity contribution in [2.75, 3.05) is 0 Å². The second kappa shape index (κ2) is 4.08. The van der Waals surface area contributed by atoms with Gasteiger partial charge in [0.15, 0.2) is 0 Å². The van der Waals surface area contributed by atoms with Gasteiger partial charge in [-0.3, -0.25) is 4.79 Å². The van der Waals surface area contributed by atoms with E-state index in [9.17, 15) is 9.90 Å². The maximum Gasteiger partial charge on any atom is 0.229 e. The largest absolute Gasteiger partial charge is 0.389 e. The molecule has 0 spiro atoms. The number of nitrogens with one attached hydrogen (secondary N) is 1. The minimum atomic E-state index is -0.706. The van der Waals surface area contributed by atoms with Crippen molar-refractivity contribution in [3.05, 3.63) is 35.4 Å². The smallest absolute Gasteiger partial charge is 0.229 e. The monoisotopic (exact) mass is 271 g/mol. The molecule has 2 N–H and O–H groups in total. The highest BCUT2D eigenvalue weighted by Crippen LogP contribution is 2.61. The molecule has 0 atom stereocenters. The molecule has 1 aromatic rings. The van der Waals surface area contributed by atoms with E-state index in [0.717, 1.165) is 44.9 Å². The first-order valence-electron chi connectivity index (χ1n) is 7.73. The predicted octanol–water partition coefficient (Wildman–Crippen LogP) is 1.97. The molecule has 0 radical (unpaired) electrons. The van der Waals surface area contributed by atoms with Crippen LogP contribution in [0.15, 0.2) is 24.3 Å². The van der Waals surface area contributed by atoms with E-state index < -0.39 is 11.0 Å². The highest BCUT2D eigenvalue weighted by atomic mass is 16.3. The van der Waals surface area contributed by atoms with Crippen LogP contribution >= 0.6 is 0 Å². The summed E-state index contributed by atoms with van der Waals surface area (Å²) < 4.78 is 0. The van der Waals surface area contributed by atoms with E-state index in [1.165, 1.54) is 11.1 Å². The van der Waals surface area contributed by atoms with Crippen LogP contribution in [0.3, 0.4) is 0 Å². The van der Waals surface area contributed by atoms with Crippen LogP contribution in [0.2, 0.25) is 0 Å². The number of amides is 1. The molecule has 0 aromatic heterocycles. The van der Waals surface area contributed by atoms with Crippen molar-refractivity contribution in [2.45, 2.75) is 56.6 Å². The lowest BCUT2D eigenvalue weighted by Crippen LogP contribution is -2.54. The lowest BCUT2D eigenvalue weighted by atomic mass is 9.68. The van der Waals surface area contributed by atoms with Crippen LogP contribution in [-0.4, -0.2) is 22.7 Å². The van der Waals surface area contributed by atoms with E-state index in [0.29, 0.717) is 0 Å². The normalized spacial score (nSPS) is 25.6. The molecule has 4 rings (SSSR count). The molecule has 2 fully saturated rings. The molecule has 1 amide bonds. The van der Waals surface area contributed by atoms with Gasteiger partial charge in [0.05, 0.1) is 11.0 Å². The van der Waals surface area contributed by atoms with Gasteiger partial charge in [-0.05, 0) is 56.1 Å². The molecular weight excluding hydrogens is 250 g/mol. The molecule has 3 nitrogen and oxygen atoms in total. The van der Waals surface area contributed by atoms with Gasteiger partial charge in [-0.15, -0.1) is 0 Å². The summed E-state index contributed by atoms with van der Waals surface area (Å²) in [7, 11) is 0. The average molecular weight is 271 g/mol. The summed E-state index contributed by atoms with van der Waals surface area (Å²) in [5.41, 5.74) is 1.54. The zero-order chi connectivity index (χ0) is 13.8. The van der Waals surface area contributed by atoms with Gasteiger partial charge in [-0.1, -0.05) is 24.3 Å². The molecule has 0 aliphatic heterocycles. The summed E-state index contributed by atoms with van der Waals surface area (Å²) >= 11 is 0. The first-order chi connectivity index (χ1) is 9.63. The van der Waals surface area contributed by atoms with Gasteiger partial charge in [0.25, 0.3) is 0 Å². The molecule has 0 heterocycles. The standard InChI is InChI=1S/C17H21NO2/c19-15(16(8-9-16)17(20)6-3-7-17)18-14-10-12-4-1-2-5-13(12)11-14/h1-2,4-5,14,20H,3,6-11H2,(H,18,19). The number of rotatable bonds is 3. The molecule has 1 aromatic carbocycles. The van der Waals surface area contributed by atoms with Crippen LogP contribution in [0.5, 0.6) is 0 Å². The molecule has 106 valence electrons. The lowest BCUT2D eigenvalue weighted by molar-refractivity contribution is -0.149. The lowest BCUT2D eigenvalue weighted by Gasteiger charge is -2.43. The SMILES string of the molecule is O=C(NC1Cc2ccccc2C1)C1(C2(O)CCC2)CC1. The molecule has 3 aliphatic rings. The van der Waals surface area contributed by atoms with Crippen molar-refractivity contribution < 1.29 is 9.90 Å². The van der Waals surface area contributed by atoms with Crippen LogP contribution in [-0.2, 0) is 17.6 Å². The van der Waals surface area contributed by atoms with Crippen molar-refractivity contribution in [3.63, 3.8) is 0 Å². The van der Waals surface area contributed by atoms with E-state index in [1.807, 2.05) is 0 Å². The summed E-state index contributed by atoms with van der Waals surface area (Å²) in [6, 6.07) is 8.62. The van der Waals surface area contributed by atoms with Crippen LogP contribution in [0.25, 0.3) is 0 Å². The highest BCUT2D eigenvalue weighted by molar-refractivity contribution is 5.87. The Morgan fingerprint density at radius 1 is 1.10 bits per heavy atom. The molecule has 0 bridgehead atoms. The Morgan fingerprint density at radius 3 is 2.15 bits per heavy atom. The van der Waals surface area contributed by atoms with Gasteiger partial charge in [-0.25, -0.2) is 0 Å². The Morgan fingerprint density at radius 2 is 1.70 bits per heavy atom. The topological polar surface area (TPSA) is 49.3 Å². The molecule has 2 saturated carbocycles. The Hall–Kier alpha value is -1.35. The number of hydrogen-bond acceptors (Lipinski definition) is 2. The molecule has 3 aliphatic carbocycles. The van der Waals surface area contributed by atoms with Crippen molar-refractivity contribution in [1.82, 2.24) is 5.32 Å². The maximum absolute atomic E-state index is 12.6. The summed E-state index contributed by atoms with van der Waals surface area (Å²) in [5.74, 6) is 0.0949.